The van der Waals surface area contributed by atoms with Crippen molar-refractivity contribution in [1.82, 2.24) is 14.8 Å². The number of pyridine rings is 1. The van der Waals surface area contributed by atoms with Gasteiger partial charge in [0.2, 0.25) is 5.91 Å². The molecule has 2 heterocycles. The largest absolute Gasteiger partial charge is 0.366 e. The monoisotopic (exact) mass is 406 g/mol. The third kappa shape index (κ3) is 3.93. The van der Waals surface area contributed by atoms with Gasteiger partial charge in [0.25, 0.3) is 0 Å². The van der Waals surface area contributed by atoms with Crippen molar-refractivity contribution in [2.45, 2.75) is 9.79 Å². The summed E-state index contributed by atoms with van der Waals surface area (Å²) in [6.45, 7) is 0. The number of hydrogen-bond acceptors (Lipinski definition) is 4. The van der Waals surface area contributed by atoms with Crippen molar-refractivity contribution in [2.75, 3.05) is 0 Å². The quantitative estimate of drug-likeness (QED) is 0.514. The SMILES string of the molecule is NC(=O)c1ccc(-c2nn(-c3cccnc3)cc2Sc2ccc(Cl)cc2)cc1. The second kappa shape index (κ2) is 7.88. The molecule has 2 N–H and O–H groups in total. The Morgan fingerprint density at radius 2 is 1.79 bits per heavy atom. The first-order valence-corrected chi connectivity index (χ1v) is 9.63. The molecule has 0 unspecified atom stereocenters. The van der Waals surface area contributed by atoms with Crippen LogP contribution >= 0.6 is 23.4 Å². The zero-order valence-electron chi connectivity index (χ0n) is 14.6. The van der Waals surface area contributed by atoms with Crippen LogP contribution in [0.4, 0.5) is 0 Å². The topological polar surface area (TPSA) is 73.8 Å². The second-order valence-corrected chi connectivity index (χ2v) is 7.55. The summed E-state index contributed by atoms with van der Waals surface area (Å²) in [5.41, 5.74) is 8.37. The van der Waals surface area contributed by atoms with Crippen LogP contribution in [0.1, 0.15) is 10.4 Å². The van der Waals surface area contributed by atoms with Gasteiger partial charge >= 0.3 is 0 Å². The van der Waals surface area contributed by atoms with E-state index in [2.05, 4.69) is 4.98 Å². The number of halogens is 1. The lowest BCUT2D eigenvalue weighted by Crippen LogP contribution is -2.10. The minimum atomic E-state index is -0.455. The molecule has 4 rings (SSSR count). The molecule has 0 bridgehead atoms. The first kappa shape index (κ1) is 18.3. The Bertz CT molecular complexity index is 1110. The standard InChI is InChI=1S/C21H15ClN4OS/c22-16-7-9-18(10-8-16)28-19-13-26(17-2-1-11-24-12-17)25-20(19)14-3-5-15(6-4-14)21(23)27/h1-13H,(H2,23,27). The second-order valence-electron chi connectivity index (χ2n) is 6.00. The van der Waals surface area contributed by atoms with Gasteiger partial charge in [-0.15, -0.1) is 0 Å². The van der Waals surface area contributed by atoms with E-state index in [-0.39, 0.29) is 0 Å². The fourth-order valence-electron chi connectivity index (χ4n) is 2.68. The molecule has 4 aromatic rings. The summed E-state index contributed by atoms with van der Waals surface area (Å²) >= 11 is 7.59. The van der Waals surface area contributed by atoms with Crippen LogP contribution in [0.2, 0.25) is 5.02 Å². The van der Waals surface area contributed by atoms with Gasteiger partial charge in [-0.05, 0) is 48.5 Å². The number of hydrogen-bond donors (Lipinski definition) is 1. The molecule has 7 heteroatoms. The van der Waals surface area contributed by atoms with Gasteiger partial charge < -0.3 is 5.73 Å². The molecule has 0 spiro atoms. The summed E-state index contributed by atoms with van der Waals surface area (Å²) in [4.78, 5) is 17.5. The highest BCUT2D eigenvalue weighted by Gasteiger charge is 2.14. The van der Waals surface area contributed by atoms with Crippen LogP contribution in [0.3, 0.4) is 0 Å². The van der Waals surface area contributed by atoms with Crippen LogP contribution in [0.5, 0.6) is 0 Å². The van der Waals surface area contributed by atoms with E-state index >= 15 is 0 Å². The number of nitrogens with zero attached hydrogens (tertiary/aromatic N) is 3. The molecule has 2 aromatic carbocycles. The number of nitrogens with two attached hydrogens (primary N) is 1. The molecule has 0 atom stereocenters. The molecule has 0 saturated carbocycles. The first-order chi connectivity index (χ1) is 13.6. The zero-order chi connectivity index (χ0) is 19.5. The van der Waals surface area contributed by atoms with E-state index in [4.69, 9.17) is 22.4 Å². The van der Waals surface area contributed by atoms with Gasteiger partial charge in [0, 0.05) is 33.4 Å². The van der Waals surface area contributed by atoms with Gasteiger partial charge in [-0.2, -0.15) is 5.10 Å². The van der Waals surface area contributed by atoms with Crippen LogP contribution in [0.25, 0.3) is 16.9 Å². The van der Waals surface area contributed by atoms with E-state index in [1.165, 1.54) is 0 Å². The number of aromatic nitrogens is 3. The average Bonchev–Trinajstić information content (AvgIpc) is 3.14. The smallest absolute Gasteiger partial charge is 0.248 e. The average molecular weight is 407 g/mol. The summed E-state index contributed by atoms with van der Waals surface area (Å²) in [7, 11) is 0. The molecule has 1 amide bonds. The number of benzene rings is 2. The van der Waals surface area contributed by atoms with Gasteiger partial charge in [0.1, 0.15) is 5.69 Å². The van der Waals surface area contributed by atoms with E-state index < -0.39 is 5.91 Å². The molecule has 2 aromatic heterocycles. The van der Waals surface area contributed by atoms with E-state index in [0.717, 1.165) is 26.7 Å². The molecule has 28 heavy (non-hydrogen) atoms. The number of amides is 1. The summed E-state index contributed by atoms with van der Waals surface area (Å²) in [5.74, 6) is -0.455. The lowest BCUT2D eigenvalue weighted by Gasteiger charge is -2.04. The lowest BCUT2D eigenvalue weighted by molar-refractivity contribution is 0.100. The lowest BCUT2D eigenvalue weighted by atomic mass is 10.1. The highest BCUT2D eigenvalue weighted by Crippen LogP contribution is 2.36. The summed E-state index contributed by atoms with van der Waals surface area (Å²) in [6.07, 6.45) is 5.44. The molecule has 0 fully saturated rings. The van der Waals surface area contributed by atoms with E-state index in [0.29, 0.717) is 10.6 Å². The van der Waals surface area contributed by atoms with Crippen molar-refractivity contribution in [1.29, 1.82) is 0 Å². The van der Waals surface area contributed by atoms with Crippen LogP contribution in [-0.2, 0) is 0 Å². The van der Waals surface area contributed by atoms with Gasteiger partial charge in [-0.3, -0.25) is 9.78 Å². The molecule has 0 aliphatic carbocycles. The Labute approximate surface area is 171 Å². The third-order valence-corrected chi connectivity index (χ3v) is 5.35. The maximum Gasteiger partial charge on any atom is 0.248 e. The van der Waals surface area contributed by atoms with Crippen molar-refractivity contribution >= 4 is 29.3 Å². The number of carbonyl (C=O) groups is 1. The Hall–Kier alpha value is -3.09. The molecule has 0 saturated heterocycles. The van der Waals surface area contributed by atoms with Gasteiger partial charge in [0.05, 0.1) is 16.8 Å². The Morgan fingerprint density at radius 3 is 2.43 bits per heavy atom. The minimum absolute atomic E-state index is 0.455. The molecule has 0 radical (unpaired) electrons. The maximum atomic E-state index is 11.4. The van der Waals surface area contributed by atoms with Crippen molar-refractivity contribution in [3.05, 3.63) is 89.8 Å². The summed E-state index contributed by atoms with van der Waals surface area (Å²) in [6, 6.07) is 18.6. The van der Waals surface area contributed by atoms with Crippen LogP contribution < -0.4 is 5.73 Å². The predicted octanol–water partition coefficient (Wildman–Crippen LogP) is 4.84. The normalized spacial score (nSPS) is 10.8. The van der Waals surface area contributed by atoms with Crippen LogP contribution in [-0.4, -0.2) is 20.7 Å². The number of carbonyl (C=O) groups excluding carboxylic acids is 1. The molecule has 0 aliphatic heterocycles. The molecular formula is C21H15ClN4OS. The predicted molar refractivity (Wildman–Crippen MR) is 111 cm³/mol. The van der Waals surface area contributed by atoms with E-state index in [1.54, 1.807) is 41.0 Å². The van der Waals surface area contributed by atoms with Crippen molar-refractivity contribution < 1.29 is 4.79 Å². The first-order valence-electron chi connectivity index (χ1n) is 8.44. The van der Waals surface area contributed by atoms with E-state index in [1.807, 2.05) is 54.7 Å². The van der Waals surface area contributed by atoms with Gasteiger partial charge in [-0.1, -0.05) is 35.5 Å². The Morgan fingerprint density at radius 1 is 1.04 bits per heavy atom. The minimum Gasteiger partial charge on any atom is -0.366 e. The molecule has 5 nitrogen and oxygen atoms in total. The number of rotatable bonds is 5. The molecule has 0 aliphatic rings. The van der Waals surface area contributed by atoms with Gasteiger partial charge in [0.15, 0.2) is 0 Å². The Balaban J connectivity index is 1.77. The zero-order valence-corrected chi connectivity index (χ0v) is 16.2. The Kier molecular flexibility index (Phi) is 5.14. The fourth-order valence-corrected chi connectivity index (χ4v) is 3.74. The summed E-state index contributed by atoms with van der Waals surface area (Å²) in [5, 5.41) is 5.44. The molecule has 138 valence electrons. The fraction of sp³-hybridized carbons (Fsp3) is 0. The molecular weight excluding hydrogens is 392 g/mol. The number of primary amides is 1. The van der Waals surface area contributed by atoms with Crippen molar-refractivity contribution in [3.63, 3.8) is 0 Å². The van der Waals surface area contributed by atoms with Crippen LogP contribution in [0.15, 0.2) is 89.0 Å². The van der Waals surface area contributed by atoms with E-state index in [9.17, 15) is 4.79 Å². The highest BCUT2D eigenvalue weighted by molar-refractivity contribution is 7.99. The highest BCUT2D eigenvalue weighted by atomic mass is 35.5. The summed E-state index contributed by atoms with van der Waals surface area (Å²) < 4.78 is 1.79. The van der Waals surface area contributed by atoms with Crippen molar-refractivity contribution in [2.24, 2.45) is 5.73 Å². The maximum absolute atomic E-state index is 11.4. The van der Waals surface area contributed by atoms with Gasteiger partial charge in [-0.25, -0.2) is 4.68 Å². The van der Waals surface area contributed by atoms with Crippen molar-refractivity contribution in [3.8, 4) is 16.9 Å². The van der Waals surface area contributed by atoms with Crippen LogP contribution in [0, 0.1) is 0 Å². The third-order valence-electron chi connectivity index (χ3n) is 4.08.